The smallest absolute Gasteiger partial charge is 0.131 e. The monoisotopic (exact) mass is 285 g/mol. The van der Waals surface area contributed by atoms with Crippen LogP contribution in [0.5, 0.6) is 5.75 Å². The predicted octanol–water partition coefficient (Wildman–Crippen LogP) is 3.01. The van der Waals surface area contributed by atoms with Crippen LogP contribution in [-0.2, 0) is 0 Å². The fraction of sp³-hybridized carbons (Fsp3) is 0.364. The zero-order chi connectivity index (χ0) is 10.8. The minimum atomic E-state index is 0.340. The number of hydrogen-bond acceptors (Lipinski definition) is 2. The minimum absolute atomic E-state index is 0.340. The van der Waals surface area contributed by atoms with E-state index in [1.54, 1.807) is 0 Å². The first-order valence-electron chi connectivity index (χ1n) is 4.93. The summed E-state index contributed by atoms with van der Waals surface area (Å²) in [5.41, 5.74) is 6.48. The third kappa shape index (κ3) is 2.32. The maximum atomic E-state index is 5.83. The second-order valence-electron chi connectivity index (χ2n) is 3.65. The lowest BCUT2D eigenvalue weighted by molar-refractivity contribution is 0.120. The Kier molecular flexibility index (Phi) is 3.26. The predicted molar refractivity (Wildman–Crippen MR) is 68.3 cm³/mol. The zero-order valence-electron chi connectivity index (χ0n) is 8.20. The normalized spacial score (nSPS) is 15.8. The van der Waals surface area contributed by atoms with Crippen molar-refractivity contribution in [2.75, 3.05) is 0 Å². The van der Waals surface area contributed by atoms with E-state index in [0.29, 0.717) is 11.1 Å². The molecule has 0 radical (unpaired) electrons. The zero-order valence-corrected chi connectivity index (χ0v) is 10.6. The molecule has 1 saturated carbocycles. The van der Waals surface area contributed by atoms with Crippen LogP contribution in [-0.4, -0.2) is 11.1 Å². The average Bonchev–Trinajstić information content (AvgIpc) is 2.10. The molecule has 0 aromatic heterocycles. The largest absolute Gasteiger partial charge is 0.490 e. The van der Waals surface area contributed by atoms with Gasteiger partial charge >= 0.3 is 0 Å². The minimum Gasteiger partial charge on any atom is -0.490 e. The molecule has 0 atom stereocenters. The summed E-state index contributed by atoms with van der Waals surface area (Å²) >= 11 is 8.44. The Morgan fingerprint density at radius 3 is 2.73 bits per heavy atom. The van der Waals surface area contributed by atoms with Gasteiger partial charge in [0, 0.05) is 4.47 Å². The summed E-state index contributed by atoms with van der Waals surface area (Å²) in [5.74, 6) is 0.793. The molecular weight excluding hydrogens is 274 g/mol. The van der Waals surface area contributed by atoms with Gasteiger partial charge in [-0.25, -0.2) is 0 Å². The molecule has 0 amide bonds. The number of nitrogens with two attached hydrogens (primary N) is 1. The van der Waals surface area contributed by atoms with Gasteiger partial charge in [0.15, 0.2) is 0 Å². The first kappa shape index (κ1) is 10.9. The van der Waals surface area contributed by atoms with Crippen LogP contribution in [0.2, 0.25) is 0 Å². The van der Waals surface area contributed by atoms with Crippen molar-refractivity contribution in [1.82, 2.24) is 0 Å². The van der Waals surface area contributed by atoms with Gasteiger partial charge in [-0.15, -0.1) is 0 Å². The summed E-state index contributed by atoms with van der Waals surface area (Å²) in [4.78, 5) is 0.372. The van der Waals surface area contributed by atoms with Crippen LogP contribution in [0, 0.1) is 0 Å². The Labute approximate surface area is 103 Å². The molecule has 80 valence electrons. The number of ether oxygens (including phenoxy) is 1. The lowest BCUT2D eigenvalue weighted by Crippen LogP contribution is -2.26. The van der Waals surface area contributed by atoms with E-state index in [2.05, 4.69) is 15.9 Å². The van der Waals surface area contributed by atoms with Gasteiger partial charge in [0.05, 0.1) is 11.7 Å². The van der Waals surface area contributed by atoms with Crippen LogP contribution < -0.4 is 10.5 Å². The number of benzene rings is 1. The maximum Gasteiger partial charge on any atom is 0.131 e. The summed E-state index contributed by atoms with van der Waals surface area (Å²) in [7, 11) is 0. The van der Waals surface area contributed by atoms with Crippen LogP contribution in [0.25, 0.3) is 0 Å². The second-order valence-corrected chi connectivity index (χ2v) is 4.94. The van der Waals surface area contributed by atoms with Gasteiger partial charge < -0.3 is 10.5 Å². The SMILES string of the molecule is NC(=S)c1c(Br)cccc1OC1CCC1. The summed E-state index contributed by atoms with van der Waals surface area (Å²) in [5, 5.41) is 0. The van der Waals surface area contributed by atoms with Crippen molar-refractivity contribution in [3.8, 4) is 5.75 Å². The molecule has 0 bridgehead atoms. The van der Waals surface area contributed by atoms with Crippen LogP contribution in [0.3, 0.4) is 0 Å². The fourth-order valence-electron chi connectivity index (χ4n) is 1.51. The van der Waals surface area contributed by atoms with Gasteiger partial charge in [-0.2, -0.15) is 0 Å². The molecule has 0 spiro atoms. The van der Waals surface area contributed by atoms with Crippen molar-refractivity contribution in [2.45, 2.75) is 25.4 Å². The van der Waals surface area contributed by atoms with Crippen LogP contribution in [0.15, 0.2) is 22.7 Å². The van der Waals surface area contributed by atoms with Crippen LogP contribution in [0.4, 0.5) is 0 Å². The molecule has 1 aromatic rings. The molecule has 1 fully saturated rings. The van der Waals surface area contributed by atoms with Crippen molar-refractivity contribution in [2.24, 2.45) is 5.73 Å². The number of hydrogen-bond donors (Lipinski definition) is 1. The van der Waals surface area contributed by atoms with Crippen molar-refractivity contribution >= 4 is 33.1 Å². The Balaban J connectivity index is 2.27. The lowest BCUT2D eigenvalue weighted by Gasteiger charge is -2.27. The average molecular weight is 286 g/mol. The highest BCUT2D eigenvalue weighted by Gasteiger charge is 2.21. The third-order valence-corrected chi connectivity index (χ3v) is 3.43. The van der Waals surface area contributed by atoms with Crippen molar-refractivity contribution in [3.05, 3.63) is 28.2 Å². The van der Waals surface area contributed by atoms with Crippen LogP contribution in [0.1, 0.15) is 24.8 Å². The molecule has 0 saturated heterocycles. The molecule has 4 heteroatoms. The summed E-state index contributed by atoms with van der Waals surface area (Å²) in [6.45, 7) is 0. The van der Waals surface area contributed by atoms with Crippen molar-refractivity contribution < 1.29 is 4.74 Å². The van der Waals surface area contributed by atoms with Gasteiger partial charge in [0.1, 0.15) is 10.7 Å². The molecule has 15 heavy (non-hydrogen) atoms. The van der Waals surface area contributed by atoms with E-state index < -0.39 is 0 Å². The number of rotatable bonds is 3. The quantitative estimate of drug-likeness (QED) is 0.867. The van der Waals surface area contributed by atoms with Gasteiger partial charge in [0.2, 0.25) is 0 Å². The lowest BCUT2D eigenvalue weighted by atomic mass is 9.96. The standard InChI is InChI=1S/C11H12BrNOS/c12-8-5-2-6-9(10(8)11(13)15)14-7-3-1-4-7/h2,5-7H,1,3-4H2,(H2,13,15). The van der Waals surface area contributed by atoms with E-state index in [-0.39, 0.29) is 0 Å². The summed E-state index contributed by atoms with van der Waals surface area (Å²) in [6, 6.07) is 5.76. The van der Waals surface area contributed by atoms with E-state index >= 15 is 0 Å². The number of halogens is 1. The van der Waals surface area contributed by atoms with E-state index in [1.807, 2.05) is 18.2 Å². The molecular formula is C11H12BrNOS. The molecule has 2 rings (SSSR count). The van der Waals surface area contributed by atoms with E-state index in [4.69, 9.17) is 22.7 Å². The van der Waals surface area contributed by atoms with Crippen molar-refractivity contribution in [3.63, 3.8) is 0 Å². The van der Waals surface area contributed by atoms with Gasteiger partial charge in [-0.05, 0) is 47.3 Å². The molecule has 1 aliphatic rings. The maximum absolute atomic E-state index is 5.83. The molecule has 2 nitrogen and oxygen atoms in total. The van der Waals surface area contributed by atoms with E-state index in [1.165, 1.54) is 6.42 Å². The molecule has 1 aliphatic carbocycles. The van der Waals surface area contributed by atoms with Gasteiger partial charge in [-0.1, -0.05) is 18.3 Å². The topological polar surface area (TPSA) is 35.2 Å². The molecule has 2 N–H and O–H groups in total. The Hall–Kier alpha value is -0.610. The number of thiocarbonyl (C=S) groups is 1. The first-order valence-corrected chi connectivity index (χ1v) is 6.13. The van der Waals surface area contributed by atoms with Gasteiger partial charge in [0.25, 0.3) is 0 Å². The Morgan fingerprint density at radius 2 is 2.20 bits per heavy atom. The molecule has 0 aliphatic heterocycles. The summed E-state index contributed by atoms with van der Waals surface area (Å²) < 4.78 is 6.72. The highest BCUT2D eigenvalue weighted by atomic mass is 79.9. The third-order valence-electron chi connectivity index (χ3n) is 2.57. The van der Waals surface area contributed by atoms with Gasteiger partial charge in [-0.3, -0.25) is 0 Å². The van der Waals surface area contributed by atoms with Crippen molar-refractivity contribution in [1.29, 1.82) is 0 Å². The molecule has 0 unspecified atom stereocenters. The van der Waals surface area contributed by atoms with E-state index in [9.17, 15) is 0 Å². The first-order chi connectivity index (χ1) is 7.18. The summed E-state index contributed by atoms with van der Waals surface area (Å²) in [6.07, 6.45) is 3.85. The molecule has 1 aromatic carbocycles. The Morgan fingerprint density at radius 1 is 1.47 bits per heavy atom. The van der Waals surface area contributed by atoms with E-state index in [0.717, 1.165) is 28.6 Å². The highest BCUT2D eigenvalue weighted by molar-refractivity contribution is 9.10. The second kappa shape index (κ2) is 4.49. The highest BCUT2D eigenvalue weighted by Crippen LogP contribution is 2.31. The fourth-order valence-corrected chi connectivity index (χ4v) is 2.41. The van der Waals surface area contributed by atoms with Crippen LogP contribution >= 0.6 is 28.1 Å². The Bertz CT molecular complexity index is 390. The molecule has 0 heterocycles.